The van der Waals surface area contributed by atoms with E-state index in [2.05, 4.69) is 10.3 Å². The number of rotatable bonds is 3. The fourth-order valence-corrected chi connectivity index (χ4v) is 3.95. The Morgan fingerprint density at radius 2 is 1.77 bits per heavy atom. The third-order valence-corrected chi connectivity index (χ3v) is 5.44. The van der Waals surface area contributed by atoms with Gasteiger partial charge >= 0.3 is 12.3 Å². The Morgan fingerprint density at radius 3 is 2.31 bits per heavy atom. The molecule has 1 aliphatic heterocycles. The Morgan fingerprint density at radius 1 is 1.11 bits per heavy atom. The lowest BCUT2D eigenvalue weighted by Gasteiger charge is -2.29. The quantitative estimate of drug-likeness (QED) is 0.518. The predicted octanol–water partition coefficient (Wildman–Crippen LogP) is 6.46. The molecule has 0 spiro atoms. The number of aromatic nitrogens is 1. The summed E-state index contributed by atoms with van der Waals surface area (Å²) in [5.41, 5.74) is -0.300. The van der Waals surface area contributed by atoms with Crippen LogP contribution in [0.25, 0.3) is 5.57 Å². The first-order chi connectivity index (χ1) is 16.4. The van der Waals surface area contributed by atoms with Crippen LogP contribution in [0.2, 0.25) is 0 Å². The van der Waals surface area contributed by atoms with Gasteiger partial charge in [-0.05, 0) is 64.2 Å². The molecule has 1 aliphatic carbocycles. The molecule has 1 fully saturated rings. The Kier molecular flexibility index (Phi) is 11.7. The number of nitrogens with zero attached hydrogens (tertiary/aromatic N) is 2. The highest BCUT2D eigenvalue weighted by molar-refractivity contribution is 5.81. The Labute approximate surface area is 207 Å². The second kappa shape index (κ2) is 13.5. The van der Waals surface area contributed by atoms with Crippen LogP contribution >= 0.6 is 0 Å². The summed E-state index contributed by atoms with van der Waals surface area (Å²) in [6.07, 6.45) is 0.431. The van der Waals surface area contributed by atoms with Gasteiger partial charge in [-0.15, -0.1) is 0 Å². The van der Waals surface area contributed by atoms with Gasteiger partial charge < -0.3 is 15.0 Å². The molecule has 198 valence electrons. The first-order valence-corrected chi connectivity index (χ1v) is 12.4. The third-order valence-electron chi connectivity index (χ3n) is 5.44. The van der Waals surface area contributed by atoms with Crippen LogP contribution in [0.1, 0.15) is 85.4 Å². The highest BCUT2D eigenvalue weighted by atomic mass is 19.4. The molecule has 0 aromatic carbocycles. The van der Waals surface area contributed by atoms with E-state index in [1.807, 2.05) is 27.7 Å². The van der Waals surface area contributed by atoms with Crippen molar-refractivity contribution in [1.29, 1.82) is 0 Å². The molecular formula is C26H40F3N3O3. The number of amides is 2. The van der Waals surface area contributed by atoms with Gasteiger partial charge in [-0.1, -0.05) is 33.8 Å². The van der Waals surface area contributed by atoms with Crippen molar-refractivity contribution in [1.82, 2.24) is 15.2 Å². The minimum Gasteiger partial charge on any atom is -0.444 e. The van der Waals surface area contributed by atoms with Crippen molar-refractivity contribution in [2.75, 3.05) is 13.1 Å². The highest BCUT2D eigenvalue weighted by Crippen LogP contribution is 2.32. The molecular weight excluding hydrogens is 459 g/mol. The van der Waals surface area contributed by atoms with Crippen molar-refractivity contribution in [3.8, 4) is 0 Å². The van der Waals surface area contributed by atoms with E-state index in [-0.39, 0.29) is 17.9 Å². The second-order valence-corrected chi connectivity index (χ2v) is 9.04. The number of alkyl carbamates (subject to hydrolysis) is 1. The summed E-state index contributed by atoms with van der Waals surface area (Å²) in [5, 5.41) is 2.83. The van der Waals surface area contributed by atoms with Crippen LogP contribution in [-0.4, -0.2) is 46.6 Å². The SMILES string of the molecule is CC.CC.CC(C)(C)OC(=O)NC1CCC(C(=O)N2CC=C(c3cc(C(F)(F)F)ccn3)CC2)C1. The summed E-state index contributed by atoms with van der Waals surface area (Å²) in [4.78, 5) is 30.6. The summed E-state index contributed by atoms with van der Waals surface area (Å²) < 4.78 is 44.1. The number of carbonyl (C=O) groups excluding carboxylic acids is 2. The Bertz CT molecular complexity index is 863. The van der Waals surface area contributed by atoms with Gasteiger partial charge in [0.25, 0.3) is 0 Å². The number of pyridine rings is 1. The van der Waals surface area contributed by atoms with Gasteiger partial charge in [0.2, 0.25) is 5.91 Å². The number of halogens is 3. The van der Waals surface area contributed by atoms with Crippen LogP contribution in [0.15, 0.2) is 24.4 Å². The van der Waals surface area contributed by atoms with Crippen LogP contribution in [0.3, 0.4) is 0 Å². The smallest absolute Gasteiger partial charge is 0.416 e. The molecule has 2 atom stereocenters. The molecule has 35 heavy (non-hydrogen) atoms. The van der Waals surface area contributed by atoms with Crippen molar-refractivity contribution in [2.45, 2.75) is 92.0 Å². The molecule has 3 rings (SSSR count). The van der Waals surface area contributed by atoms with E-state index >= 15 is 0 Å². The zero-order chi connectivity index (χ0) is 26.8. The summed E-state index contributed by atoms with van der Waals surface area (Å²) in [5.74, 6) is -0.164. The summed E-state index contributed by atoms with van der Waals surface area (Å²) in [6.45, 7) is 14.2. The molecule has 2 heterocycles. The van der Waals surface area contributed by atoms with Crippen molar-refractivity contribution >= 4 is 17.6 Å². The molecule has 0 bridgehead atoms. The molecule has 2 aliphatic rings. The van der Waals surface area contributed by atoms with E-state index in [4.69, 9.17) is 4.74 Å². The topological polar surface area (TPSA) is 71.5 Å². The maximum absolute atomic E-state index is 12.9. The van der Waals surface area contributed by atoms with E-state index in [0.717, 1.165) is 18.3 Å². The lowest BCUT2D eigenvalue weighted by atomic mass is 10.00. The average Bonchev–Trinajstić information content (AvgIpc) is 3.28. The molecule has 1 aromatic rings. The molecule has 0 saturated heterocycles. The monoisotopic (exact) mass is 499 g/mol. The molecule has 2 amide bonds. The van der Waals surface area contributed by atoms with Crippen molar-refractivity contribution < 1.29 is 27.5 Å². The average molecular weight is 500 g/mol. The first-order valence-electron chi connectivity index (χ1n) is 12.4. The number of hydrogen-bond acceptors (Lipinski definition) is 4. The maximum Gasteiger partial charge on any atom is 0.416 e. The van der Waals surface area contributed by atoms with Crippen LogP contribution in [0, 0.1) is 5.92 Å². The lowest BCUT2D eigenvalue weighted by molar-refractivity contribution is -0.137. The normalized spacial score (nSPS) is 19.9. The molecule has 0 radical (unpaired) electrons. The zero-order valence-electron chi connectivity index (χ0n) is 22.0. The van der Waals surface area contributed by atoms with Gasteiger partial charge in [0.15, 0.2) is 0 Å². The number of nitrogens with one attached hydrogen (secondary N) is 1. The molecule has 1 aromatic heterocycles. The molecule has 2 unspecified atom stereocenters. The van der Waals surface area contributed by atoms with Crippen molar-refractivity contribution in [3.63, 3.8) is 0 Å². The van der Waals surface area contributed by atoms with E-state index in [1.165, 1.54) is 0 Å². The Balaban J connectivity index is 0.00000145. The molecule has 1 N–H and O–H groups in total. The van der Waals surface area contributed by atoms with Crippen LogP contribution in [0.4, 0.5) is 18.0 Å². The third kappa shape index (κ3) is 9.53. The zero-order valence-corrected chi connectivity index (χ0v) is 22.0. The van der Waals surface area contributed by atoms with E-state index in [1.54, 1.807) is 31.7 Å². The van der Waals surface area contributed by atoms with Gasteiger partial charge in [-0.25, -0.2) is 4.79 Å². The minimum atomic E-state index is -4.42. The highest BCUT2D eigenvalue weighted by Gasteiger charge is 2.35. The van der Waals surface area contributed by atoms with E-state index < -0.39 is 23.4 Å². The number of hydrogen-bond donors (Lipinski definition) is 1. The fraction of sp³-hybridized carbons (Fsp3) is 0.654. The lowest BCUT2D eigenvalue weighted by Crippen LogP contribution is -2.40. The van der Waals surface area contributed by atoms with Crippen LogP contribution in [0.5, 0.6) is 0 Å². The van der Waals surface area contributed by atoms with Gasteiger partial charge in [-0.2, -0.15) is 13.2 Å². The van der Waals surface area contributed by atoms with E-state index in [9.17, 15) is 22.8 Å². The summed E-state index contributed by atoms with van der Waals surface area (Å²) in [6, 6.07) is 1.90. The maximum atomic E-state index is 12.9. The number of carbonyl (C=O) groups is 2. The van der Waals surface area contributed by atoms with Gasteiger partial charge in [0, 0.05) is 31.2 Å². The number of alkyl halides is 3. The van der Waals surface area contributed by atoms with Gasteiger partial charge in [0.05, 0.1) is 11.3 Å². The first kappa shape index (κ1) is 30.5. The van der Waals surface area contributed by atoms with Gasteiger partial charge in [0.1, 0.15) is 5.60 Å². The molecule has 6 nitrogen and oxygen atoms in total. The van der Waals surface area contributed by atoms with Gasteiger partial charge in [-0.3, -0.25) is 9.78 Å². The summed E-state index contributed by atoms with van der Waals surface area (Å²) in [7, 11) is 0. The number of ether oxygens (including phenoxy) is 1. The van der Waals surface area contributed by atoms with E-state index in [0.29, 0.717) is 50.0 Å². The Hall–Kier alpha value is -2.58. The van der Waals surface area contributed by atoms with Crippen molar-refractivity contribution in [3.05, 3.63) is 35.7 Å². The molecule has 1 saturated carbocycles. The van der Waals surface area contributed by atoms with Crippen LogP contribution in [-0.2, 0) is 15.7 Å². The minimum absolute atomic E-state index is 0.0146. The standard InChI is InChI=1S/C22H28F3N3O3.2C2H6/c1-21(2,3)31-20(30)27-17-5-4-15(12-17)19(29)28-10-7-14(8-11-28)18-13-16(6-9-26-18)22(23,24)25;2*1-2/h6-7,9,13,15,17H,4-5,8,10-12H2,1-3H3,(H,27,30);2*1-2H3. The fourth-order valence-electron chi connectivity index (χ4n) is 3.95. The molecule has 9 heteroatoms. The van der Waals surface area contributed by atoms with Crippen molar-refractivity contribution in [2.24, 2.45) is 5.92 Å². The second-order valence-electron chi connectivity index (χ2n) is 9.04. The predicted molar refractivity (Wildman–Crippen MR) is 132 cm³/mol. The largest absolute Gasteiger partial charge is 0.444 e. The summed E-state index contributed by atoms with van der Waals surface area (Å²) >= 11 is 0. The van der Waals surface area contributed by atoms with Crippen LogP contribution < -0.4 is 5.32 Å².